The van der Waals surface area contributed by atoms with Crippen molar-refractivity contribution in [1.29, 1.82) is 0 Å². The number of hydrazone groups is 1. The molecule has 3 aromatic carbocycles. The van der Waals surface area contributed by atoms with E-state index >= 15 is 0 Å². The summed E-state index contributed by atoms with van der Waals surface area (Å²) in [6, 6.07) is 23.0. The molecule has 0 aliphatic carbocycles. The van der Waals surface area contributed by atoms with Crippen LogP contribution in [0.1, 0.15) is 36.1 Å². The molecule has 7 nitrogen and oxygen atoms in total. The van der Waals surface area contributed by atoms with E-state index in [1.807, 2.05) is 72.6 Å². The first-order valence-electron chi connectivity index (χ1n) is 11.5. The van der Waals surface area contributed by atoms with Gasteiger partial charge in [-0.15, -0.1) is 0 Å². The first kappa shape index (κ1) is 21.6. The number of aromatic hydroxyl groups is 1. The van der Waals surface area contributed by atoms with Gasteiger partial charge in [0.05, 0.1) is 23.3 Å². The molecule has 35 heavy (non-hydrogen) atoms. The molecule has 2 N–H and O–H groups in total. The lowest BCUT2D eigenvalue weighted by Crippen LogP contribution is -2.61. The first-order valence-corrected chi connectivity index (χ1v) is 12.3. The summed E-state index contributed by atoms with van der Waals surface area (Å²) in [7, 11) is 0. The summed E-state index contributed by atoms with van der Waals surface area (Å²) in [6.07, 6.45) is 2.57. The highest BCUT2D eigenvalue weighted by molar-refractivity contribution is 8.17. The molecule has 0 aromatic heterocycles. The van der Waals surface area contributed by atoms with Gasteiger partial charge in [0.15, 0.2) is 11.5 Å². The van der Waals surface area contributed by atoms with Crippen molar-refractivity contribution in [2.45, 2.75) is 25.2 Å². The van der Waals surface area contributed by atoms with Crippen LogP contribution in [0, 0.1) is 0 Å². The minimum atomic E-state index is -1.28. The standard InChI is InChI=1S/C27H23N3O4S/c1-2-33-24-14-17(12-13-22(24)31)15-25-27(28-26(32)35-25)30-21(19-10-6-7-11-23(19)34-27)16-20(29-30)18-8-4-3-5-9-18/h3-15,21,31H,2,16H2,1H3,(H,28,32)/b25-15-. The predicted octanol–water partition coefficient (Wildman–Crippen LogP) is 5.49. The fraction of sp³-hybridized carbons (Fsp3) is 0.185. The fourth-order valence-electron chi connectivity index (χ4n) is 4.71. The molecule has 3 heterocycles. The Balaban J connectivity index is 1.49. The van der Waals surface area contributed by atoms with E-state index in [9.17, 15) is 9.90 Å². The number of fused-ring (bicyclic) bond motifs is 4. The number of phenolic OH excluding ortho intramolecular Hbond substituents is 1. The minimum Gasteiger partial charge on any atom is -0.504 e. The van der Waals surface area contributed by atoms with Gasteiger partial charge >= 0.3 is 5.85 Å². The lowest BCUT2D eigenvalue weighted by Gasteiger charge is -2.45. The number of carbonyl (C=O) groups is 1. The van der Waals surface area contributed by atoms with Crippen LogP contribution >= 0.6 is 11.8 Å². The van der Waals surface area contributed by atoms with Crippen LogP contribution in [0.4, 0.5) is 4.79 Å². The maximum atomic E-state index is 12.8. The molecule has 0 radical (unpaired) electrons. The van der Waals surface area contributed by atoms with Crippen molar-refractivity contribution in [1.82, 2.24) is 10.3 Å². The summed E-state index contributed by atoms with van der Waals surface area (Å²) in [5.74, 6) is -0.109. The molecule has 176 valence electrons. The number of benzene rings is 3. The Morgan fingerprint density at radius 2 is 2.00 bits per heavy atom. The predicted molar refractivity (Wildman–Crippen MR) is 135 cm³/mol. The van der Waals surface area contributed by atoms with Crippen molar-refractivity contribution in [3.63, 3.8) is 0 Å². The SMILES string of the molecule is CCOc1cc(/C=C2\SC(=O)NC23Oc2ccccc2C2CC(c4ccccc4)=NN23)ccc1O. The summed E-state index contributed by atoms with van der Waals surface area (Å²) in [4.78, 5) is 13.4. The van der Waals surface area contributed by atoms with Crippen molar-refractivity contribution in [3.8, 4) is 17.2 Å². The van der Waals surface area contributed by atoms with Crippen LogP contribution in [0.5, 0.6) is 17.2 Å². The number of thioether (sulfide) groups is 1. The molecule has 1 amide bonds. The highest BCUT2D eigenvalue weighted by Crippen LogP contribution is 2.52. The molecule has 6 rings (SSSR count). The van der Waals surface area contributed by atoms with E-state index < -0.39 is 5.85 Å². The Kier molecular flexibility index (Phi) is 5.18. The van der Waals surface area contributed by atoms with Crippen LogP contribution in [-0.2, 0) is 0 Å². The molecule has 1 saturated heterocycles. The van der Waals surface area contributed by atoms with Gasteiger partial charge in [-0.3, -0.25) is 10.1 Å². The van der Waals surface area contributed by atoms with E-state index in [-0.39, 0.29) is 17.0 Å². The number of rotatable bonds is 4. The number of nitrogens with zero attached hydrogens (tertiary/aromatic N) is 2. The lowest BCUT2D eigenvalue weighted by atomic mass is 9.95. The number of ether oxygens (including phenoxy) is 2. The van der Waals surface area contributed by atoms with Crippen LogP contribution in [-0.4, -0.2) is 33.5 Å². The van der Waals surface area contributed by atoms with Gasteiger partial charge in [-0.25, -0.2) is 5.01 Å². The molecule has 8 heteroatoms. The monoisotopic (exact) mass is 485 g/mol. The largest absolute Gasteiger partial charge is 0.504 e. The molecule has 0 saturated carbocycles. The van der Waals surface area contributed by atoms with Crippen molar-refractivity contribution in [2.75, 3.05) is 6.61 Å². The fourth-order valence-corrected chi connectivity index (χ4v) is 5.62. The summed E-state index contributed by atoms with van der Waals surface area (Å²) >= 11 is 1.08. The third kappa shape index (κ3) is 3.61. The molecule has 3 aliphatic heterocycles. The van der Waals surface area contributed by atoms with Crippen molar-refractivity contribution in [3.05, 3.63) is 94.4 Å². The summed E-state index contributed by atoms with van der Waals surface area (Å²) in [5, 5.41) is 19.8. The van der Waals surface area contributed by atoms with Gasteiger partial charge in [0, 0.05) is 12.0 Å². The Morgan fingerprint density at radius 1 is 1.20 bits per heavy atom. The summed E-state index contributed by atoms with van der Waals surface area (Å²) in [5.41, 5.74) is 3.78. The van der Waals surface area contributed by atoms with E-state index in [0.717, 1.165) is 34.2 Å². The Morgan fingerprint density at radius 3 is 2.83 bits per heavy atom. The molecular formula is C27H23N3O4S. The molecule has 2 atom stereocenters. The number of hydrogen-bond acceptors (Lipinski definition) is 7. The highest BCUT2D eigenvalue weighted by Gasteiger charge is 2.58. The number of carbonyl (C=O) groups excluding carboxylic acids is 1. The lowest BCUT2D eigenvalue weighted by molar-refractivity contribution is -0.0949. The van der Waals surface area contributed by atoms with E-state index in [0.29, 0.717) is 29.4 Å². The third-order valence-corrected chi connectivity index (χ3v) is 7.17. The molecule has 2 unspecified atom stereocenters. The molecule has 1 fully saturated rings. The van der Waals surface area contributed by atoms with Crippen LogP contribution < -0.4 is 14.8 Å². The number of para-hydroxylation sites is 1. The topological polar surface area (TPSA) is 83.4 Å². The first-order chi connectivity index (χ1) is 17.1. The van der Waals surface area contributed by atoms with Gasteiger partial charge in [0.1, 0.15) is 5.75 Å². The molecule has 3 aliphatic rings. The Bertz CT molecular complexity index is 1370. The average molecular weight is 486 g/mol. The van der Waals surface area contributed by atoms with Gasteiger partial charge in [-0.1, -0.05) is 54.6 Å². The van der Waals surface area contributed by atoms with E-state index in [4.69, 9.17) is 14.6 Å². The van der Waals surface area contributed by atoms with Crippen molar-refractivity contribution in [2.24, 2.45) is 5.10 Å². The van der Waals surface area contributed by atoms with E-state index in [1.165, 1.54) is 0 Å². The summed E-state index contributed by atoms with van der Waals surface area (Å²) in [6.45, 7) is 2.29. The van der Waals surface area contributed by atoms with Gasteiger partial charge in [0.2, 0.25) is 0 Å². The van der Waals surface area contributed by atoms with Gasteiger partial charge in [-0.05, 0) is 54.1 Å². The maximum absolute atomic E-state index is 12.8. The Hall–Kier alpha value is -3.91. The van der Waals surface area contributed by atoms with Crippen LogP contribution in [0.15, 0.2) is 82.8 Å². The van der Waals surface area contributed by atoms with Gasteiger partial charge < -0.3 is 14.6 Å². The zero-order valence-electron chi connectivity index (χ0n) is 19.0. The van der Waals surface area contributed by atoms with E-state index in [2.05, 4.69) is 5.32 Å². The highest BCUT2D eigenvalue weighted by atomic mass is 32.2. The van der Waals surface area contributed by atoms with Crippen LogP contribution in [0.3, 0.4) is 0 Å². The number of amides is 1. The molecular weight excluding hydrogens is 462 g/mol. The van der Waals surface area contributed by atoms with Gasteiger partial charge in [0.25, 0.3) is 5.24 Å². The normalized spacial score (nSPS) is 23.5. The van der Waals surface area contributed by atoms with Crippen molar-refractivity contribution < 1.29 is 19.4 Å². The average Bonchev–Trinajstić information content (AvgIpc) is 3.45. The smallest absolute Gasteiger partial charge is 0.314 e. The number of nitrogens with one attached hydrogen (secondary N) is 1. The maximum Gasteiger partial charge on any atom is 0.314 e. The van der Waals surface area contributed by atoms with Crippen LogP contribution in [0.25, 0.3) is 6.08 Å². The minimum absolute atomic E-state index is 0.0662. The molecule has 3 aromatic rings. The molecule has 1 spiro atoms. The zero-order valence-corrected chi connectivity index (χ0v) is 19.8. The van der Waals surface area contributed by atoms with Crippen LogP contribution in [0.2, 0.25) is 0 Å². The van der Waals surface area contributed by atoms with Gasteiger partial charge in [-0.2, -0.15) is 5.10 Å². The number of phenols is 1. The third-order valence-electron chi connectivity index (χ3n) is 6.27. The second-order valence-corrected chi connectivity index (χ2v) is 9.46. The molecule has 0 bridgehead atoms. The van der Waals surface area contributed by atoms with E-state index in [1.54, 1.807) is 18.2 Å². The second kappa shape index (κ2) is 8.39. The second-order valence-electron chi connectivity index (χ2n) is 8.44. The number of hydrogen-bond donors (Lipinski definition) is 2. The zero-order chi connectivity index (χ0) is 24.0. The summed E-state index contributed by atoms with van der Waals surface area (Å²) < 4.78 is 12.1. The van der Waals surface area contributed by atoms with Crippen molar-refractivity contribution >= 4 is 28.8 Å². The Labute approximate surface area is 207 Å². The quantitative estimate of drug-likeness (QED) is 0.509.